The Morgan fingerprint density at radius 2 is 1.70 bits per heavy atom. The SMILES string of the molecule is CCN1CCC(c2ccccc2)(c2cc(CCOCCC(=O)N(CC(OC)OC)C(C)C(C)C)ccc2O)CC1. The van der Waals surface area contributed by atoms with Gasteiger partial charge in [-0.1, -0.05) is 63.2 Å². The van der Waals surface area contributed by atoms with Crippen molar-refractivity contribution in [1.29, 1.82) is 0 Å². The van der Waals surface area contributed by atoms with Crippen molar-refractivity contribution in [2.45, 2.75) is 71.1 Å². The van der Waals surface area contributed by atoms with Crippen LogP contribution >= 0.6 is 0 Å². The predicted molar refractivity (Wildman–Crippen MR) is 160 cm³/mol. The molecule has 1 heterocycles. The van der Waals surface area contributed by atoms with E-state index in [0.717, 1.165) is 50.0 Å². The molecule has 1 N–H and O–H groups in total. The number of piperidine rings is 1. The van der Waals surface area contributed by atoms with Gasteiger partial charge in [-0.25, -0.2) is 0 Å². The van der Waals surface area contributed by atoms with Crippen molar-refractivity contribution in [2.75, 3.05) is 53.6 Å². The average molecular weight is 555 g/mol. The molecule has 1 amide bonds. The minimum absolute atomic E-state index is 0.0374. The van der Waals surface area contributed by atoms with E-state index in [1.165, 1.54) is 5.56 Å². The highest BCUT2D eigenvalue weighted by Gasteiger charge is 2.39. The minimum Gasteiger partial charge on any atom is -0.508 e. The summed E-state index contributed by atoms with van der Waals surface area (Å²) in [4.78, 5) is 17.4. The molecule has 222 valence electrons. The predicted octanol–water partition coefficient (Wildman–Crippen LogP) is 5.24. The molecular formula is C33H50N2O5. The van der Waals surface area contributed by atoms with E-state index < -0.39 is 6.29 Å². The fourth-order valence-electron chi connectivity index (χ4n) is 5.70. The highest BCUT2D eigenvalue weighted by atomic mass is 16.7. The number of phenols is 1. The van der Waals surface area contributed by atoms with Gasteiger partial charge in [0.2, 0.25) is 5.91 Å². The number of phenolic OH excluding ortho intramolecular Hbond substituents is 1. The third kappa shape index (κ3) is 8.06. The van der Waals surface area contributed by atoms with Crippen LogP contribution in [0.25, 0.3) is 0 Å². The number of aromatic hydroxyl groups is 1. The van der Waals surface area contributed by atoms with Crippen molar-refractivity contribution in [3.8, 4) is 5.75 Å². The van der Waals surface area contributed by atoms with Gasteiger partial charge in [-0.3, -0.25) is 4.79 Å². The highest BCUT2D eigenvalue weighted by Crippen LogP contribution is 2.45. The normalized spacial score (nSPS) is 16.4. The van der Waals surface area contributed by atoms with Gasteiger partial charge in [0.05, 0.1) is 26.2 Å². The van der Waals surface area contributed by atoms with Gasteiger partial charge < -0.3 is 29.1 Å². The van der Waals surface area contributed by atoms with E-state index in [9.17, 15) is 9.90 Å². The summed E-state index contributed by atoms with van der Waals surface area (Å²) < 4.78 is 16.6. The summed E-state index contributed by atoms with van der Waals surface area (Å²) in [6.07, 6.45) is 2.51. The summed E-state index contributed by atoms with van der Waals surface area (Å²) in [7, 11) is 3.18. The van der Waals surface area contributed by atoms with E-state index in [1.54, 1.807) is 14.2 Å². The Balaban J connectivity index is 1.63. The standard InChI is InChI=1S/C33H50N2O5/c1-7-34-19-17-33(18-20-34,28-11-9-8-10-12-28)29-23-27(13-14-30(29)36)15-21-40-22-16-31(37)35(26(4)25(2)3)24-32(38-5)39-6/h8-14,23,25-26,32,36H,7,15-22,24H2,1-6H3. The van der Waals surface area contributed by atoms with E-state index in [2.05, 4.69) is 62.9 Å². The van der Waals surface area contributed by atoms with E-state index in [1.807, 2.05) is 23.1 Å². The lowest BCUT2D eigenvalue weighted by Gasteiger charge is -2.43. The molecule has 0 bridgehead atoms. The van der Waals surface area contributed by atoms with Gasteiger partial charge in [-0.2, -0.15) is 0 Å². The number of likely N-dealkylation sites (tertiary alicyclic amines) is 1. The smallest absolute Gasteiger partial charge is 0.225 e. The van der Waals surface area contributed by atoms with Crippen molar-refractivity contribution in [3.63, 3.8) is 0 Å². The molecular weight excluding hydrogens is 504 g/mol. The second kappa shape index (κ2) is 15.5. The largest absolute Gasteiger partial charge is 0.508 e. The summed E-state index contributed by atoms with van der Waals surface area (Å²) in [5.41, 5.74) is 3.19. The van der Waals surface area contributed by atoms with Crippen LogP contribution in [-0.2, 0) is 30.8 Å². The van der Waals surface area contributed by atoms with Crippen molar-refractivity contribution < 1.29 is 24.1 Å². The average Bonchev–Trinajstić information content (AvgIpc) is 2.98. The third-order valence-corrected chi connectivity index (χ3v) is 8.70. The van der Waals surface area contributed by atoms with Crippen molar-refractivity contribution in [2.24, 2.45) is 5.92 Å². The zero-order valence-corrected chi connectivity index (χ0v) is 25.4. The van der Waals surface area contributed by atoms with Gasteiger partial charge in [0.1, 0.15) is 5.75 Å². The topological polar surface area (TPSA) is 71.5 Å². The molecule has 1 fully saturated rings. The number of benzene rings is 2. The maximum Gasteiger partial charge on any atom is 0.225 e. The Kier molecular flexibility index (Phi) is 12.4. The molecule has 40 heavy (non-hydrogen) atoms. The van der Waals surface area contributed by atoms with E-state index in [4.69, 9.17) is 14.2 Å². The molecule has 1 aliphatic heterocycles. The summed E-state index contributed by atoms with van der Waals surface area (Å²) in [6.45, 7) is 12.8. The summed E-state index contributed by atoms with van der Waals surface area (Å²) in [6, 6.07) is 16.7. The van der Waals surface area contributed by atoms with Crippen LogP contribution in [0.4, 0.5) is 0 Å². The van der Waals surface area contributed by atoms with Crippen LogP contribution in [-0.4, -0.2) is 86.8 Å². The van der Waals surface area contributed by atoms with Crippen LogP contribution in [0.3, 0.4) is 0 Å². The van der Waals surface area contributed by atoms with Crippen LogP contribution in [0.1, 0.15) is 63.6 Å². The molecule has 1 atom stereocenters. The Hall–Kier alpha value is -2.45. The molecule has 1 unspecified atom stereocenters. The molecule has 0 aromatic heterocycles. The maximum atomic E-state index is 13.1. The second-order valence-electron chi connectivity index (χ2n) is 11.3. The fraction of sp³-hybridized carbons (Fsp3) is 0.606. The lowest BCUT2D eigenvalue weighted by atomic mass is 9.67. The van der Waals surface area contributed by atoms with Crippen molar-refractivity contribution >= 4 is 5.91 Å². The van der Waals surface area contributed by atoms with Crippen LogP contribution in [0.5, 0.6) is 5.75 Å². The quantitative estimate of drug-likeness (QED) is 0.240. The zero-order chi connectivity index (χ0) is 29.1. The summed E-state index contributed by atoms with van der Waals surface area (Å²) in [5, 5.41) is 11.0. The Labute approximate surface area is 241 Å². The van der Waals surface area contributed by atoms with Gasteiger partial charge in [0.25, 0.3) is 0 Å². The first-order chi connectivity index (χ1) is 19.2. The number of amides is 1. The van der Waals surface area contributed by atoms with Crippen LogP contribution in [0.15, 0.2) is 48.5 Å². The number of hydrogen-bond donors (Lipinski definition) is 1. The van der Waals surface area contributed by atoms with Crippen molar-refractivity contribution in [1.82, 2.24) is 9.80 Å². The lowest BCUT2D eigenvalue weighted by molar-refractivity contribution is -0.151. The first-order valence-electron chi connectivity index (χ1n) is 14.8. The van der Waals surface area contributed by atoms with E-state index in [-0.39, 0.29) is 17.4 Å². The number of nitrogens with zero attached hydrogens (tertiary/aromatic N) is 2. The summed E-state index contributed by atoms with van der Waals surface area (Å²) >= 11 is 0. The molecule has 1 aliphatic rings. The maximum absolute atomic E-state index is 13.1. The molecule has 3 rings (SSSR count). The van der Waals surface area contributed by atoms with Crippen molar-refractivity contribution in [3.05, 3.63) is 65.2 Å². The molecule has 0 radical (unpaired) electrons. The number of hydrogen-bond acceptors (Lipinski definition) is 6. The summed E-state index contributed by atoms with van der Waals surface area (Å²) in [5.74, 6) is 0.709. The zero-order valence-electron chi connectivity index (χ0n) is 25.4. The molecule has 2 aromatic carbocycles. The number of ether oxygens (including phenoxy) is 3. The lowest BCUT2D eigenvalue weighted by Crippen LogP contribution is -2.46. The number of rotatable bonds is 15. The number of methoxy groups -OCH3 is 2. The molecule has 7 nitrogen and oxygen atoms in total. The first kappa shape index (κ1) is 32.1. The second-order valence-corrected chi connectivity index (χ2v) is 11.3. The molecule has 0 aliphatic carbocycles. The molecule has 0 spiro atoms. The molecule has 1 saturated heterocycles. The number of carbonyl (C=O) groups is 1. The fourth-order valence-corrected chi connectivity index (χ4v) is 5.70. The Morgan fingerprint density at radius 1 is 1.02 bits per heavy atom. The molecule has 0 saturated carbocycles. The van der Waals surface area contributed by atoms with Crippen LogP contribution < -0.4 is 0 Å². The van der Waals surface area contributed by atoms with Gasteiger partial charge in [0.15, 0.2) is 6.29 Å². The van der Waals surface area contributed by atoms with Gasteiger partial charge in [-0.05, 0) is 68.9 Å². The monoisotopic (exact) mass is 554 g/mol. The highest BCUT2D eigenvalue weighted by molar-refractivity contribution is 5.76. The third-order valence-electron chi connectivity index (χ3n) is 8.70. The first-order valence-corrected chi connectivity index (χ1v) is 14.8. The Bertz CT molecular complexity index is 1030. The van der Waals surface area contributed by atoms with Gasteiger partial charge in [-0.15, -0.1) is 0 Å². The van der Waals surface area contributed by atoms with Gasteiger partial charge >= 0.3 is 0 Å². The van der Waals surface area contributed by atoms with Crippen LogP contribution in [0, 0.1) is 5.92 Å². The molecule has 2 aromatic rings. The van der Waals surface area contributed by atoms with Gasteiger partial charge in [0, 0.05) is 31.2 Å². The van der Waals surface area contributed by atoms with E-state index in [0.29, 0.717) is 37.8 Å². The number of carbonyl (C=O) groups excluding carboxylic acids is 1. The molecule has 7 heteroatoms. The Morgan fingerprint density at radius 3 is 2.30 bits per heavy atom. The van der Waals surface area contributed by atoms with Crippen LogP contribution in [0.2, 0.25) is 0 Å². The minimum atomic E-state index is -0.455. The van der Waals surface area contributed by atoms with E-state index >= 15 is 0 Å².